The molecule has 1 aliphatic heterocycles. The molecule has 3 heterocycles. The van der Waals surface area contributed by atoms with E-state index >= 15 is 0 Å². The number of aromatic nitrogens is 4. The molecule has 26 heavy (non-hydrogen) atoms. The van der Waals surface area contributed by atoms with Gasteiger partial charge in [-0.15, -0.1) is 0 Å². The van der Waals surface area contributed by atoms with Crippen molar-refractivity contribution in [3.8, 4) is 5.75 Å². The van der Waals surface area contributed by atoms with Gasteiger partial charge in [-0.05, 0) is 39.7 Å². The second-order valence-corrected chi connectivity index (χ2v) is 8.02. The molecular weight excluding hydrogens is 334 g/mol. The van der Waals surface area contributed by atoms with Gasteiger partial charge >= 0.3 is 0 Å². The van der Waals surface area contributed by atoms with Gasteiger partial charge in [-0.2, -0.15) is 10.2 Å². The molecule has 2 N–H and O–H groups in total. The topological polar surface area (TPSA) is 94.1 Å². The fourth-order valence-electron chi connectivity index (χ4n) is 3.22. The summed E-state index contributed by atoms with van der Waals surface area (Å²) in [6.45, 7) is 7.16. The number of nitrogens with zero attached hydrogens (tertiary/aromatic N) is 3. The minimum absolute atomic E-state index is 0.153. The lowest BCUT2D eigenvalue weighted by Gasteiger charge is -2.22. The minimum Gasteiger partial charge on any atom is -0.482 e. The first-order valence-electron chi connectivity index (χ1n) is 9.06. The highest BCUT2D eigenvalue weighted by molar-refractivity contribution is 5.92. The molecule has 140 valence electrons. The van der Waals surface area contributed by atoms with Crippen LogP contribution in [0.2, 0.25) is 0 Å². The van der Waals surface area contributed by atoms with Crippen molar-refractivity contribution < 1.29 is 14.3 Å². The summed E-state index contributed by atoms with van der Waals surface area (Å²) in [4.78, 5) is 12.8. The maximum atomic E-state index is 12.8. The summed E-state index contributed by atoms with van der Waals surface area (Å²) in [5.41, 5.74) is 1.45. The molecule has 0 aromatic carbocycles. The lowest BCUT2D eigenvalue weighted by Crippen LogP contribution is -2.45. The summed E-state index contributed by atoms with van der Waals surface area (Å²) in [6, 6.07) is 1.71. The Morgan fingerprint density at radius 3 is 2.85 bits per heavy atom. The zero-order valence-electron chi connectivity index (χ0n) is 15.4. The second-order valence-electron chi connectivity index (χ2n) is 8.02. The Bertz CT molecular complexity index is 773. The van der Waals surface area contributed by atoms with E-state index in [1.165, 1.54) is 12.8 Å². The number of aromatic amines is 1. The zero-order chi connectivity index (χ0) is 18.3. The highest BCUT2D eigenvalue weighted by Crippen LogP contribution is 2.41. The lowest BCUT2D eigenvalue weighted by molar-refractivity contribution is 0.0897. The molecule has 2 atom stereocenters. The average molecular weight is 359 g/mol. The van der Waals surface area contributed by atoms with E-state index < -0.39 is 0 Å². The van der Waals surface area contributed by atoms with Crippen molar-refractivity contribution in [3.05, 3.63) is 29.8 Å². The van der Waals surface area contributed by atoms with Gasteiger partial charge in [0.25, 0.3) is 5.91 Å². The molecule has 2 aromatic heterocycles. The summed E-state index contributed by atoms with van der Waals surface area (Å²) in [5, 5.41) is 14.2. The van der Waals surface area contributed by atoms with Gasteiger partial charge in [-0.3, -0.25) is 14.6 Å². The van der Waals surface area contributed by atoms with Crippen LogP contribution in [0.3, 0.4) is 0 Å². The van der Waals surface area contributed by atoms with Crippen LogP contribution in [0.15, 0.2) is 18.5 Å². The largest absolute Gasteiger partial charge is 0.482 e. The van der Waals surface area contributed by atoms with Crippen LogP contribution in [0.4, 0.5) is 0 Å². The third kappa shape index (κ3) is 3.46. The normalized spacial score (nSPS) is 23.2. The third-order valence-corrected chi connectivity index (χ3v) is 4.71. The van der Waals surface area contributed by atoms with Crippen molar-refractivity contribution in [2.75, 3.05) is 13.2 Å². The minimum atomic E-state index is -0.246. The van der Waals surface area contributed by atoms with E-state index in [0.717, 1.165) is 5.69 Å². The number of hydrogen-bond acceptors (Lipinski definition) is 5. The monoisotopic (exact) mass is 359 g/mol. The van der Waals surface area contributed by atoms with E-state index in [4.69, 9.17) is 9.47 Å². The van der Waals surface area contributed by atoms with Gasteiger partial charge in [0, 0.05) is 11.6 Å². The quantitative estimate of drug-likeness (QED) is 0.849. The number of ether oxygens (including phenoxy) is 2. The fraction of sp³-hybridized carbons (Fsp3) is 0.611. The number of carbonyl (C=O) groups excluding carboxylic acids is 1. The highest BCUT2D eigenvalue weighted by Gasteiger charge is 2.35. The van der Waals surface area contributed by atoms with Gasteiger partial charge < -0.3 is 14.8 Å². The van der Waals surface area contributed by atoms with Gasteiger partial charge in [-0.1, -0.05) is 0 Å². The van der Waals surface area contributed by atoms with Gasteiger partial charge in [-0.25, -0.2) is 0 Å². The van der Waals surface area contributed by atoms with E-state index in [9.17, 15) is 4.79 Å². The molecule has 1 saturated heterocycles. The van der Waals surface area contributed by atoms with Crippen molar-refractivity contribution in [2.24, 2.45) is 0 Å². The fourth-order valence-corrected chi connectivity index (χ4v) is 3.22. The van der Waals surface area contributed by atoms with E-state index in [0.29, 0.717) is 30.6 Å². The number of H-pyrrole nitrogens is 1. The first-order valence-corrected chi connectivity index (χ1v) is 9.06. The third-order valence-electron chi connectivity index (χ3n) is 4.71. The maximum Gasteiger partial charge on any atom is 0.272 e. The molecule has 0 bridgehead atoms. The lowest BCUT2D eigenvalue weighted by atomic mass is 10.1. The molecule has 1 aliphatic carbocycles. The Morgan fingerprint density at radius 2 is 2.19 bits per heavy atom. The van der Waals surface area contributed by atoms with Crippen molar-refractivity contribution in [3.63, 3.8) is 0 Å². The first kappa shape index (κ1) is 17.1. The molecule has 0 unspecified atom stereocenters. The molecule has 2 fully saturated rings. The number of hydrogen-bond donors (Lipinski definition) is 2. The van der Waals surface area contributed by atoms with E-state index in [1.807, 2.05) is 10.7 Å². The Hall–Kier alpha value is -2.35. The van der Waals surface area contributed by atoms with Crippen LogP contribution in [0.5, 0.6) is 5.75 Å². The van der Waals surface area contributed by atoms with Gasteiger partial charge in [0.05, 0.1) is 37.2 Å². The second kappa shape index (κ2) is 6.42. The summed E-state index contributed by atoms with van der Waals surface area (Å²) in [5.74, 6) is 0.967. The molecule has 0 spiro atoms. The van der Waals surface area contributed by atoms with Crippen LogP contribution in [-0.2, 0) is 10.3 Å². The Balaban J connectivity index is 1.47. The molecule has 8 heteroatoms. The Labute approximate surface area is 152 Å². The predicted molar refractivity (Wildman–Crippen MR) is 94.3 cm³/mol. The van der Waals surface area contributed by atoms with E-state index in [1.54, 1.807) is 12.4 Å². The predicted octanol–water partition coefficient (Wildman–Crippen LogP) is 1.81. The Kier molecular flexibility index (Phi) is 4.22. The molecular formula is C18H25N5O3. The van der Waals surface area contributed by atoms with E-state index in [-0.39, 0.29) is 23.6 Å². The molecule has 8 nitrogen and oxygen atoms in total. The molecule has 0 radical (unpaired) electrons. The number of amides is 1. The standard InChI is InChI=1S/C18H25N5O3/c1-18(2,3)23-15(11-4-5-11)6-13(22-23)17(24)21-14-9-25-10-16(14)26-12-7-19-20-8-12/h6-8,11,14,16H,4-5,9-10H2,1-3H3,(H,19,20)(H,21,24)/t14-,16+/m0/s1. The number of nitrogens with one attached hydrogen (secondary N) is 2. The molecule has 4 rings (SSSR count). The van der Waals surface area contributed by atoms with Gasteiger partial charge in [0.15, 0.2) is 5.75 Å². The molecule has 1 saturated carbocycles. The SMILES string of the molecule is CC(C)(C)n1nc(C(=O)N[C@H]2COC[C@H]2Oc2cn[nH]c2)cc1C1CC1. The smallest absolute Gasteiger partial charge is 0.272 e. The van der Waals surface area contributed by atoms with Crippen LogP contribution >= 0.6 is 0 Å². The van der Waals surface area contributed by atoms with Gasteiger partial charge in [0.1, 0.15) is 11.8 Å². The summed E-state index contributed by atoms with van der Waals surface area (Å²) >= 11 is 0. The molecule has 2 aromatic rings. The van der Waals surface area contributed by atoms with Gasteiger partial charge in [0.2, 0.25) is 0 Å². The summed E-state index contributed by atoms with van der Waals surface area (Å²) in [7, 11) is 0. The number of rotatable bonds is 5. The average Bonchev–Trinajstić information content (AvgIpc) is 3.01. The summed E-state index contributed by atoms with van der Waals surface area (Å²) < 4.78 is 13.3. The molecule has 2 aliphatic rings. The number of carbonyl (C=O) groups is 1. The summed E-state index contributed by atoms with van der Waals surface area (Å²) in [6.07, 6.45) is 5.36. The highest BCUT2D eigenvalue weighted by atomic mass is 16.5. The van der Waals surface area contributed by atoms with Crippen molar-refractivity contribution in [2.45, 2.75) is 57.2 Å². The first-order chi connectivity index (χ1) is 12.4. The van der Waals surface area contributed by atoms with Crippen LogP contribution in [0, 0.1) is 0 Å². The van der Waals surface area contributed by atoms with Crippen LogP contribution in [0.1, 0.15) is 55.7 Å². The Morgan fingerprint density at radius 1 is 1.38 bits per heavy atom. The maximum absolute atomic E-state index is 12.8. The van der Waals surface area contributed by atoms with Crippen molar-refractivity contribution in [1.29, 1.82) is 0 Å². The van der Waals surface area contributed by atoms with Crippen molar-refractivity contribution >= 4 is 5.91 Å². The van der Waals surface area contributed by atoms with Crippen LogP contribution < -0.4 is 10.1 Å². The molecule has 1 amide bonds. The van der Waals surface area contributed by atoms with Crippen LogP contribution in [-0.4, -0.2) is 51.2 Å². The zero-order valence-corrected chi connectivity index (χ0v) is 15.4. The van der Waals surface area contributed by atoms with Crippen LogP contribution in [0.25, 0.3) is 0 Å². The van der Waals surface area contributed by atoms with E-state index in [2.05, 4.69) is 41.4 Å². The van der Waals surface area contributed by atoms with Crippen molar-refractivity contribution in [1.82, 2.24) is 25.3 Å².